The minimum atomic E-state index is -0.684. The van der Waals surface area contributed by atoms with Crippen LogP contribution >= 0.6 is 0 Å². The average Bonchev–Trinajstić information content (AvgIpc) is 2.60. The van der Waals surface area contributed by atoms with E-state index >= 15 is 0 Å². The summed E-state index contributed by atoms with van der Waals surface area (Å²) in [6.45, 7) is 0.407. The zero-order chi connectivity index (χ0) is 16.5. The van der Waals surface area contributed by atoms with Crippen molar-refractivity contribution < 1.29 is 14.6 Å². The van der Waals surface area contributed by atoms with Gasteiger partial charge in [-0.25, -0.2) is 0 Å². The molecule has 0 spiro atoms. The molecule has 2 aromatic carbocycles. The fourth-order valence-corrected chi connectivity index (χ4v) is 2.54. The average molecular weight is 313 g/mol. The lowest BCUT2D eigenvalue weighted by atomic mass is 9.88. The topological polar surface area (TPSA) is 58.6 Å². The summed E-state index contributed by atoms with van der Waals surface area (Å²) in [6, 6.07) is 20.0. The zero-order valence-electron chi connectivity index (χ0n) is 13.3. The summed E-state index contributed by atoms with van der Waals surface area (Å²) < 4.78 is 4.85. The highest BCUT2D eigenvalue weighted by molar-refractivity contribution is 5.77. The van der Waals surface area contributed by atoms with Gasteiger partial charge in [-0.05, 0) is 11.1 Å². The first kappa shape index (κ1) is 17.2. The maximum Gasteiger partial charge on any atom is 0.221 e. The molecule has 0 aliphatic carbocycles. The molecule has 1 unspecified atom stereocenters. The zero-order valence-corrected chi connectivity index (χ0v) is 13.3. The van der Waals surface area contributed by atoms with E-state index in [1.165, 1.54) is 7.11 Å². The Bertz CT molecular complexity index is 547. The van der Waals surface area contributed by atoms with E-state index in [1.54, 1.807) is 0 Å². The fourth-order valence-electron chi connectivity index (χ4n) is 2.54. The largest absolute Gasteiger partial charge is 0.389 e. The molecule has 0 aliphatic rings. The molecular weight excluding hydrogens is 290 g/mol. The van der Waals surface area contributed by atoms with Gasteiger partial charge in [-0.3, -0.25) is 4.79 Å². The molecule has 0 saturated heterocycles. The highest BCUT2D eigenvalue weighted by atomic mass is 16.5. The molecule has 0 bridgehead atoms. The van der Waals surface area contributed by atoms with E-state index in [0.717, 1.165) is 11.1 Å². The van der Waals surface area contributed by atoms with Crippen LogP contribution in [0.1, 0.15) is 23.5 Å². The van der Waals surface area contributed by atoms with Crippen molar-refractivity contribution in [2.75, 3.05) is 20.3 Å². The number of hydrogen-bond donors (Lipinski definition) is 2. The number of hydrogen-bond acceptors (Lipinski definition) is 3. The molecule has 2 N–H and O–H groups in total. The maximum absolute atomic E-state index is 12.2. The minimum absolute atomic E-state index is 0.00281. The summed E-state index contributed by atoms with van der Waals surface area (Å²) in [6.07, 6.45) is -0.343. The molecule has 0 radical (unpaired) electrons. The van der Waals surface area contributed by atoms with Gasteiger partial charge in [-0.2, -0.15) is 0 Å². The highest BCUT2D eigenvalue weighted by Gasteiger charge is 2.18. The van der Waals surface area contributed by atoms with Gasteiger partial charge in [0.2, 0.25) is 5.91 Å². The third-order valence-electron chi connectivity index (χ3n) is 3.69. The van der Waals surface area contributed by atoms with E-state index in [1.807, 2.05) is 60.7 Å². The van der Waals surface area contributed by atoms with Crippen LogP contribution < -0.4 is 5.32 Å². The molecule has 122 valence electrons. The Morgan fingerprint density at radius 3 is 2.04 bits per heavy atom. The number of aliphatic hydroxyl groups excluding tert-OH is 1. The molecule has 4 nitrogen and oxygen atoms in total. The summed E-state index contributed by atoms with van der Waals surface area (Å²) in [5.41, 5.74) is 2.21. The molecule has 0 aliphatic heterocycles. The van der Waals surface area contributed by atoms with E-state index in [9.17, 15) is 9.90 Å². The van der Waals surface area contributed by atoms with Crippen LogP contribution in [0.4, 0.5) is 0 Å². The van der Waals surface area contributed by atoms with E-state index in [2.05, 4.69) is 5.32 Å². The van der Waals surface area contributed by atoms with Gasteiger partial charge in [0.25, 0.3) is 0 Å². The van der Waals surface area contributed by atoms with Crippen LogP contribution in [-0.4, -0.2) is 37.4 Å². The van der Waals surface area contributed by atoms with Gasteiger partial charge in [0.15, 0.2) is 0 Å². The summed E-state index contributed by atoms with van der Waals surface area (Å²) in [7, 11) is 1.52. The molecule has 2 aromatic rings. The first-order valence-corrected chi connectivity index (χ1v) is 7.74. The van der Waals surface area contributed by atoms with Crippen molar-refractivity contribution in [3.63, 3.8) is 0 Å². The van der Waals surface area contributed by atoms with Crippen LogP contribution in [-0.2, 0) is 9.53 Å². The van der Waals surface area contributed by atoms with E-state index in [-0.39, 0.29) is 25.0 Å². The molecule has 0 saturated carbocycles. The number of carbonyl (C=O) groups excluding carboxylic acids is 1. The van der Waals surface area contributed by atoms with Gasteiger partial charge in [0.05, 0.1) is 12.7 Å². The normalized spacial score (nSPS) is 12.1. The number of aliphatic hydroxyl groups is 1. The summed E-state index contributed by atoms with van der Waals surface area (Å²) in [5.74, 6) is -0.0881. The van der Waals surface area contributed by atoms with E-state index in [4.69, 9.17) is 4.74 Å². The lowest BCUT2D eigenvalue weighted by molar-refractivity contribution is -0.121. The number of rotatable bonds is 8. The monoisotopic (exact) mass is 313 g/mol. The van der Waals surface area contributed by atoms with Crippen molar-refractivity contribution in [1.82, 2.24) is 5.32 Å². The van der Waals surface area contributed by atoms with Gasteiger partial charge < -0.3 is 15.2 Å². The second kappa shape index (κ2) is 9.08. The predicted molar refractivity (Wildman–Crippen MR) is 90.2 cm³/mol. The molecule has 2 rings (SSSR count). The maximum atomic E-state index is 12.2. The minimum Gasteiger partial charge on any atom is -0.389 e. The van der Waals surface area contributed by atoms with Gasteiger partial charge in [0, 0.05) is 26.0 Å². The molecule has 4 heteroatoms. The molecule has 0 fully saturated rings. The number of benzene rings is 2. The van der Waals surface area contributed by atoms with Crippen LogP contribution in [0.2, 0.25) is 0 Å². The summed E-state index contributed by atoms with van der Waals surface area (Å²) in [5, 5.41) is 12.4. The van der Waals surface area contributed by atoms with E-state index in [0.29, 0.717) is 6.42 Å². The SMILES string of the molecule is COCC(O)CNC(=O)CC(c1ccccc1)c1ccccc1. The Labute approximate surface area is 137 Å². The molecule has 1 atom stereocenters. The smallest absolute Gasteiger partial charge is 0.221 e. The lowest BCUT2D eigenvalue weighted by Crippen LogP contribution is -2.35. The van der Waals surface area contributed by atoms with Gasteiger partial charge >= 0.3 is 0 Å². The van der Waals surface area contributed by atoms with Crippen LogP contribution in [0.3, 0.4) is 0 Å². The highest BCUT2D eigenvalue weighted by Crippen LogP contribution is 2.27. The predicted octanol–water partition coefficient (Wildman–Crippen LogP) is 2.33. The first-order chi connectivity index (χ1) is 11.2. The summed E-state index contributed by atoms with van der Waals surface area (Å²) in [4.78, 5) is 12.2. The number of amides is 1. The lowest BCUT2D eigenvalue weighted by Gasteiger charge is -2.18. The van der Waals surface area contributed by atoms with Gasteiger partial charge in [-0.1, -0.05) is 60.7 Å². The Morgan fingerprint density at radius 2 is 1.57 bits per heavy atom. The first-order valence-electron chi connectivity index (χ1n) is 7.74. The Balaban J connectivity index is 2.05. The summed E-state index contributed by atoms with van der Waals surface area (Å²) >= 11 is 0. The number of methoxy groups -OCH3 is 1. The van der Waals surface area contributed by atoms with E-state index < -0.39 is 6.10 Å². The van der Waals surface area contributed by atoms with Crippen molar-refractivity contribution in [1.29, 1.82) is 0 Å². The van der Waals surface area contributed by atoms with Gasteiger partial charge in [-0.15, -0.1) is 0 Å². The molecule has 23 heavy (non-hydrogen) atoms. The Hall–Kier alpha value is -2.17. The second-order valence-corrected chi connectivity index (χ2v) is 5.49. The number of carbonyl (C=O) groups is 1. The molecule has 0 heterocycles. The van der Waals surface area contributed by atoms with Gasteiger partial charge in [0.1, 0.15) is 0 Å². The van der Waals surface area contributed by atoms with Crippen molar-refractivity contribution >= 4 is 5.91 Å². The Kier molecular flexibility index (Phi) is 6.78. The van der Waals surface area contributed by atoms with Crippen LogP contribution in [0.15, 0.2) is 60.7 Å². The van der Waals surface area contributed by atoms with Crippen molar-refractivity contribution in [3.05, 3.63) is 71.8 Å². The van der Waals surface area contributed by atoms with Crippen molar-refractivity contribution in [2.45, 2.75) is 18.4 Å². The second-order valence-electron chi connectivity index (χ2n) is 5.49. The van der Waals surface area contributed by atoms with Crippen LogP contribution in [0.25, 0.3) is 0 Å². The third-order valence-corrected chi connectivity index (χ3v) is 3.69. The third kappa shape index (κ3) is 5.51. The number of nitrogens with one attached hydrogen (secondary N) is 1. The van der Waals surface area contributed by atoms with Crippen molar-refractivity contribution in [2.24, 2.45) is 0 Å². The van der Waals surface area contributed by atoms with Crippen LogP contribution in [0.5, 0.6) is 0 Å². The number of ether oxygens (including phenoxy) is 1. The standard InChI is InChI=1S/C19H23NO3/c1-23-14-17(21)13-20-19(22)12-18(15-8-4-2-5-9-15)16-10-6-3-7-11-16/h2-11,17-18,21H,12-14H2,1H3,(H,20,22). The molecular formula is C19H23NO3. The molecule has 1 amide bonds. The van der Waals surface area contributed by atoms with Crippen LogP contribution in [0, 0.1) is 0 Å². The molecule has 0 aromatic heterocycles. The van der Waals surface area contributed by atoms with Crippen molar-refractivity contribution in [3.8, 4) is 0 Å². The Morgan fingerprint density at radius 1 is 1.04 bits per heavy atom. The quantitative estimate of drug-likeness (QED) is 0.786. The fraction of sp³-hybridized carbons (Fsp3) is 0.316.